The molecule has 6 heteroatoms. The molecule has 4 aromatic rings. The number of ether oxygens (including phenoxy) is 1. The van der Waals surface area contributed by atoms with Crippen LogP contribution in [0.25, 0.3) is 22.0 Å². The highest BCUT2D eigenvalue weighted by Gasteiger charge is 2.36. The van der Waals surface area contributed by atoms with Gasteiger partial charge in [-0.2, -0.15) is 0 Å². The van der Waals surface area contributed by atoms with Crippen LogP contribution in [0.4, 0.5) is 0 Å². The number of fused-ring (bicyclic) bond motifs is 1. The van der Waals surface area contributed by atoms with Gasteiger partial charge in [0.2, 0.25) is 0 Å². The molecule has 0 unspecified atom stereocenters. The Morgan fingerprint density at radius 3 is 2.32 bits per heavy atom. The van der Waals surface area contributed by atoms with Crippen LogP contribution in [0.3, 0.4) is 0 Å². The maximum atomic E-state index is 13.1. The lowest BCUT2D eigenvalue weighted by Gasteiger charge is -2.15. The molecule has 0 atom stereocenters. The van der Waals surface area contributed by atoms with Gasteiger partial charge in [0.25, 0.3) is 11.7 Å². The number of hydrogen-bond donors (Lipinski definition) is 1. The van der Waals surface area contributed by atoms with E-state index in [0.29, 0.717) is 11.9 Å². The van der Waals surface area contributed by atoms with Gasteiger partial charge in [0.1, 0.15) is 5.75 Å². The van der Waals surface area contributed by atoms with E-state index >= 15 is 0 Å². The third-order valence-electron chi connectivity index (χ3n) is 6.19. The van der Waals surface area contributed by atoms with Gasteiger partial charge in [-0.25, -0.2) is 0 Å². The van der Waals surface area contributed by atoms with Gasteiger partial charge in [0.15, 0.2) is 0 Å². The normalized spacial score (nSPS) is 13.1. The van der Waals surface area contributed by atoms with Crippen molar-refractivity contribution >= 4 is 28.6 Å². The first-order chi connectivity index (χ1) is 16.5. The number of hydrogen-bond acceptors (Lipinski definition) is 4. The number of ketones is 1. The summed E-state index contributed by atoms with van der Waals surface area (Å²) in [4.78, 5) is 36.9. The van der Waals surface area contributed by atoms with E-state index in [2.05, 4.69) is 28.8 Å². The Labute approximate surface area is 196 Å². The Morgan fingerprint density at radius 2 is 1.65 bits per heavy atom. The van der Waals surface area contributed by atoms with Gasteiger partial charge in [-0.05, 0) is 41.7 Å². The molecule has 2 N–H and O–H groups in total. The average Bonchev–Trinajstić information content (AvgIpc) is 3.62. The quantitative estimate of drug-likeness (QED) is 0.188. The standard InChI is InChI=1S/C28H24N2O4/c1-17(31)34-23-13-7-12-22-24(23)25(27(32)28(29)33)26(19-14-15-19)30(22)16-20-10-5-6-11-21(20)18-8-3-2-4-9-18/h2-13,19H,14-16H2,1H3,(H2,29,33). The van der Waals surface area contributed by atoms with Gasteiger partial charge in [-0.15, -0.1) is 0 Å². The summed E-state index contributed by atoms with van der Waals surface area (Å²) in [5.41, 5.74) is 10.5. The number of Topliss-reactive ketones (excluding diaryl/α,β-unsaturated/α-hetero) is 1. The number of nitrogens with zero attached hydrogens (tertiary/aromatic N) is 1. The predicted octanol–water partition coefficient (Wildman–Crippen LogP) is 4.83. The van der Waals surface area contributed by atoms with Crippen LogP contribution in [0.2, 0.25) is 0 Å². The fourth-order valence-electron chi connectivity index (χ4n) is 4.66. The lowest BCUT2D eigenvalue weighted by Crippen LogP contribution is -2.24. The van der Waals surface area contributed by atoms with Crippen LogP contribution >= 0.6 is 0 Å². The summed E-state index contributed by atoms with van der Waals surface area (Å²) in [6.07, 6.45) is 1.83. The minimum atomic E-state index is -1.02. The highest BCUT2D eigenvalue weighted by Crippen LogP contribution is 2.47. The maximum absolute atomic E-state index is 13.1. The molecule has 5 rings (SSSR count). The third-order valence-corrected chi connectivity index (χ3v) is 6.19. The minimum Gasteiger partial charge on any atom is -0.426 e. The minimum absolute atomic E-state index is 0.139. The van der Waals surface area contributed by atoms with Crippen molar-refractivity contribution in [3.63, 3.8) is 0 Å². The molecule has 1 aromatic heterocycles. The summed E-state index contributed by atoms with van der Waals surface area (Å²) in [6, 6.07) is 23.6. The van der Waals surface area contributed by atoms with Crippen LogP contribution in [0.15, 0.2) is 72.8 Å². The Bertz CT molecular complexity index is 1430. The summed E-state index contributed by atoms with van der Waals surface area (Å²) >= 11 is 0. The Kier molecular flexibility index (Phi) is 5.49. The van der Waals surface area contributed by atoms with Crippen molar-refractivity contribution in [3.8, 4) is 16.9 Å². The fraction of sp³-hybridized carbons (Fsp3) is 0.179. The number of amides is 1. The van der Waals surface area contributed by atoms with E-state index in [1.54, 1.807) is 12.1 Å². The second kappa shape index (κ2) is 8.63. The van der Waals surface area contributed by atoms with Gasteiger partial charge in [-0.1, -0.05) is 60.7 Å². The number of benzene rings is 3. The fourth-order valence-corrected chi connectivity index (χ4v) is 4.66. The molecule has 0 aliphatic heterocycles. The zero-order valence-electron chi connectivity index (χ0n) is 18.8. The van der Waals surface area contributed by atoms with Gasteiger partial charge >= 0.3 is 5.97 Å². The second-order valence-electron chi connectivity index (χ2n) is 8.58. The molecule has 0 radical (unpaired) electrons. The summed E-state index contributed by atoms with van der Waals surface area (Å²) in [7, 11) is 0. The van der Waals surface area contributed by atoms with Crippen LogP contribution in [-0.2, 0) is 16.1 Å². The van der Waals surface area contributed by atoms with E-state index in [0.717, 1.165) is 40.7 Å². The number of esters is 1. The molecule has 1 aliphatic rings. The first kappa shape index (κ1) is 21.6. The molecule has 34 heavy (non-hydrogen) atoms. The van der Waals surface area contributed by atoms with Gasteiger partial charge < -0.3 is 15.0 Å². The summed E-state index contributed by atoms with van der Waals surface area (Å²) < 4.78 is 7.53. The smallest absolute Gasteiger partial charge is 0.308 e. The zero-order chi connectivity index (χ0) is 23.8. The van der Waals surface area contributed by atoms with Crippen LogP contribution in [0, 0.1) is 0 Å². The van der Waals surface area contributed by atoms with E-state index in [-0.39, 0.29) is 17.2 Å². The molecule has 0 spiro atoms. The number of carbonyl (C=O) groups excluding carboxylic acids is 3. The lowest BCUT2D eigenvalue weighted by atomic mass is 9.99. The first-order valence-electron chi connectivity index (χ1n) is 11.3. The van der Waals surface area contributed by atoms with E-state index in [9.17, 15) is 14.4 Å². The molecule has 1 aliphatic carbocycles. The third kappa shape index (κ3) is 3.88. The first-order valence-corrected chi connectivity index (χ1v) is 11.3. The molecular weight excluding hydrogens is 428 g/mol. The van der Waals surface area contributed by atoms with Gasteiger partial charge in [0.05, 0.1) is 16.5 Å². The van der Waals surface area contributed by atoms with Crippen LogP contribution in [-0.4, -0.2) is 22.2 Å². The van der Waals surface area contributed by atoms with Gasteiger partial charge in [-0.3, -0.25) is 14.4 Å². The molecule has 1 amide bonds. The van der Waals surface area contributed by atoms with Crippen LogP contribution in [0.1, 0.15) is 47.3 Å². The highest BCUT2D eigenvalue weighted by molar-refractivity contribution is 6.45. The molecular formula is C28H24N2O4. The molecule has 1 heterocycles. The number of aromatic nitrogens is 1. The number of carbonyl (C=O) groups is 3. The van der Waals surface area contributed by atoms with E-state index in [1.165, 1.54) is 6.92 Å². The number of primary amides is 1. The predicted molar refractivity (Wildman–Crippen MR) is 130 cm³/mol. The van der Waals surface area contributed by atoms with Crippen LogP contribution < -0.4 is 10.5 Å². The Morgan fingerprint density at radius 1 is 0.941 bits per heavy atom. The zero-order valence-corrected chi connectivity index (χ0v) is 18.8. The van der Waals surface area contributed by atoms with Crippen molar-refractivity contribution in [3.05, 3.63) is 89.6 Å². The van der Waals surface area contributed by atoms with E-state index in [1.807, 2.05) is 36.4 Å². The topological polar surface area (TPSA) is 91.4 Å². The average molecular weight is 453 g/mol. The largest absolute Gasteiger partial charge is 0.426 e. The summed E-state index contributed by atoms with van der Waals surface area (Å²) in [5.74, 6) is -1.89. The van der Waals surface area contributed by atoms with Crippen molar-refractivity contribution < 1.29 is 19.1 Å². The van der Waals surface area contributed by atoms with E-state index in [4.69, 9.17) is 10.5 Å². The molecule has 6 nitrogen and oxygen atoms in total. The van der Waals surface area contributed by atoms with Crippen molar-refractivity contribution in [2.45, 2.75) is 32.2 Å². The molecule has 170 valence electrons. The van der Waals surface area contributed by atoms with Crippen molar-refractivity contribution in [2.75, 3.05) is 0 Å². The molecule has 0 saturated heterocycles. The molecule has 1 fully saturated rings. The summed E-state index contributed by atoms with van der Waals surface area (Å²) in [5, 5.41) is 0.459. The Hall–Kier alpha value is -4.19. The van der Waals surface area contributed by atoms with Crippen LogP contribution in [0.5, 0.6) is 5.75 Å². The molecule has 0 bridgehead atoms. The van der Waals surface area contributed by atoms with E-state index < -0.39 is 17.7 Å². The summed E-state index contributed by atoms with van der Waals surface area (Å²) in [6.45, 7) is 1.80. The number of rotatable bonds is 7. The molecule has 1 saturated carbocycles. The SMILES string of the molecule is CC(=O)Oc1cccc2c1c(C(=O)C(N)=O)c(C1CC1)n2Cc1ccccc1-c1ccccc1. The lowest BCUT2D eigenvalue weighted by molar-refractivity contribution is -0.131. The monoisotopic (exact) mass is 452 g/mol. The van der Waals surface area contributed by atoms with Crippen molar-refractivity contribution in [1.82, 2.24) is 4.57 Å². The van der Waals surface area contributed by atoms with Gasteiger partial charge in [0, 0.05) is 25.1 Å². The van der Waals surface area contributed by atoms with Crippen molar-refractivity contribution in [2.24, 2.45) is 5.73 Å². The highest BCUT2D eigenvalue weighted by atomic mass is 16.5. The maximum Gasteiger partial charge on any atom is 0.308 e. The van der Waals surface area contributed by atoms with Crippen molar-refractivity contribution in [1.29, 1.82) is 0 Å². The number of nitrogens with two attached hydrogens (primary N) is 1. The second-order valence-corrected chi connectivity index (χ2v) is 8.58. The molecule has 3 aromatic carbocycles. The Balaban J connectivity index is 1.76.